The maximum absolute atomic E-state index is 11.9. The molecule has 0 aromatic heterocycles. The van der Waals surface area contributed by atoms with E-state index in [1.165, 1.54) is 16.3 Å². The van der Waals surface area contributed by atoms with Crippen LogP contribution < -0.4 is 0 Å². The highest BCUT2D eigenvalue weighted by Crippen LogP contribution is 2.48. The molecule has 0 aliphatic carbocycles. The normalized spacial score (nSPS) is 11.8. The molecular formula is C99H223N12O14PS7. The quantitative estimate of drug-likeness (QED) is 0.0384. The van der Waals surface area contributed by atoms with Gasteiger partial charge in [-0.2, -0.15) is 11.8 Å². The van der Waals surface area contributed by atoms with Gasteiger partial charge in [-0.1, -0.05) is 121 Å². The summed E-state index contributed by atoms with van der Waals surface area (Å²) in [6.07, 6.45) is 0.493. The molecule has 0 heterocycles. The van der Waals surface area contributed by atoms with Crippen molar-refractivity contribution in [2.75, 3.05) is 113 Å². The lowest BCUT2D eigenvalue weighted by molar-refractivity contribution is -0.151. The van der Waals surface area contributed by atoms with Crippen LogP contribution in [0.4, 0.5) is 9.59 Å². The predicted molar refractivity (Wildman–Crippen MR) is 603 cm³/mol. The number of carbonyl (C=O) groups excluding carboxylic acids is 5. The number of thiocarbonyl (C=S) groups is 3. The molecule has 2 unspecified atom stereocenters. The number of esters is 1. The van der Waals surface area contributed by atoms with E-state index in [4.69, 9.17) is 55.4 Å². The summed E-state index contributed by atoms with van der Waals surface area (Å²) in [4.78, 5) is 72.1. The lowest BCUT2D eigenvalue weighted by atomic mass is 9.99. The third kappa shape index (κ3) is 101. The molecule has 133 heavy (non-hydrogen) atoms. The van der Waals surface area contributed by atoms with Gasteiger partial charge in [0, 0.05) is 185 Å². The van der Waals surface area contributed by atoms with Crippen LogP contribution in [0.1, 0.15) is 346 Å². The van der Waals surface area contributed by atoms with Crippen molar-refractivity contribution in [1.82, 2.24) is 57.4 Å². The van der Waals surface area contributed by atoms with Crippen LogP contribution in [0.15, 0.2) is 0 Å². The molecule has 0 aliphatic rings. The van der Waals surface area contributed by atoms with Gasteiger partial charge in [-0.15, -0.1) is 0 Å². The number of urea groups is 1. The number of hydrogen-bond acceptors (Lipinski definition) is 20. The van der Waals surface area contributed by atoms with Crippen LogP contribution in [0.25, 0.3) is 0 Å². The standard InChI is InChI=1S/C9H20N2O.C8H20NO2P.C8H17NO.C8H17NS2.C7H16N2S.C7H17NO2S.C7H17NOS.C7H17N.C7H14O2.C7H14O.C6H13NO2.C6H13NOS.C6H14O.C6H14S/c1-7(2)10(5)9(12)11(6)8(3)4;1-7(2)9(5)12(6,10)11-8(3)4;1-6(2)8(10)9(5)7(3)4;1-6(2)9(5)8(10)11-7(3)4;1-6(2)9(5)7(10)8(3)4;1-6(2)8(5)11(9,10)7(3)4;1-6(2)8(5)10(9)7(3)4;1-6(2)8(5)7(3)4;1-5(2)7(8)9-6(3)4;1-5(2)7(8)6(3)4;1-5(2)7(3)6(8)9-4;1-5(2)7(3)6(9)8-4;2*1-5(2)7-6(3)4/h2*7-8H,1-6H3;6-7H,1-5H3;6-7H,1-5H3;6H,1-5H3;6-7H,1-5H3;6-7H,1-5H3;6-7H,1-5H3;5-6H,1-4H3;5-6H,1-4H3;2*5H,1-4H3;2*5-6H,1-4H3. The van der Waals surface area contributed by atoms with E-state index in [0.717, 1.165) is 19.9 Å². The largest absolute Gasteiger partial charge is 0.474 e. The van der Waals surface area contributed by atoms with Crippen LogP contribution in [-0.4, -0.2) is 350 Å². The van der Waals surface area contributed by atoms with Gasteiger partial charge in [0.15, 0.2) is 5.11 Å². The molecule has 0 bridgehead atoms. The van der Waals surface area contributed by atoms with Gasteiger partial charge in [-0.3, -0.25) is 18.9 Å². The predicted octanol–water partition coefficient (Wildman–Crippen LogP) is 24.2. The van der Waals surface area contributed by atoms with Crippen LogP contribution >= 0.6 is 67.7 Å². The van der Waals surface area contributed by atoms with Gasteiger partial charge in [0.1, 0.15) is 10.1 Å². The zero-order valence-corrected chi connectivity index (χ0v) is 105. The van der Waals surface area contributed by atoms with E-state index >= 15 is 0 Å². The Morgan fingerprint density at radius 2 is 0.699 bits per heavy atom. The Morgan fingerprint density at radius 1 is 0.368 bits per heavy atom. The van der Waals surface area contributed by atoms with Gasteiger partial charge in [-0.25, -0.2) is 35.5 Å². The number of carbonyl (C=O) groups is 5. The Balaban J connectivity index is -0.0000000958. The zero-order chi connectivity index (χ0) is 111. The van der Waals surface area contributed by atoms with E-state index in [9.17, 15) is 41.2 Å². The molecular weight excluding hydrogens is 1840 g/mol. The first kappa shape index (κ1) is 161. The van der Waals surface area contributed by atoms with Gasteiger partial charge >= 0.3 is 18.1 Å². The molecule has 0 fully saturated rings. The first-order valence-corrected chi connectivity index (χ1v) is 55.7. The fraction of sp³-hybridized carbons (Fsp3) is 0.919. The van der Waals surface area contributed by atoms with Crippen LogP contribution in [-0.2, 0) is 63.4 Å². The third-order valence-electron chi connectivity index (χ3n) is 18.6. The maximum Gasteiger partial charge on any atom is 0.409 e. The third-order valence-corrected chi connectivity index (χ3v) is 29.0. The molecule has 0 aliphatic heterocycles. The molecule has 0 rings (SSSR count). The Kier molecular flexibility index (Phi) is 108. The second kappa shape index (κ2) is 89.3. The van der Waals surface area contributed by atoms with E-state index in [2.05, 4.69) is 137 Å². The summed E-state index contributed by atoms with van der Waals surface area (Å²) in [6.45, 7) is 102. The van der Waals surface area contributed by atoms with Crippen molar-refractivity contribution in [1.29, 1.82) is 0 Å². The molecule has 0 aromatic carbocycles. The van der Waals surface area contributed by atoms with E-state index in [-0.39, 0.29) is 101 Å². The first-order chi connectivity index (χ1) is 59.4. The smallest absolute Gasteiger partial charge is 0.409 e. The number of nitrogens with zero attached hydrogens (tertiary/aromatic N) is 12. The minimum atomic E-state index is -3.04. The van der Waals surface area contributed by atoms with Crippen molar-refractivity contribution in [3.8, 4) is 0 Å². The molecule has 0 saturated heterocycles. The average molecular weight is 2060 g/mol. The van der Waals surface area contributed by atoms with E-state index < -0.39 is 28.5 Å². The lowest BCUT2D eigenvalue weighted by Gasteiger charge is -2.30. The van der Waals surface area contributed by atoms with Crippen LogP contribution in [0.2, 0.25) is 0 Å². The van der Waals surface area contributed by atoms with Crippen molar-refractivity contribution < 1.29 is 64.6 Å². The molecule has 34 heteroatoms. The van der Waals surface area contributed by atoms with Crippen molar-refractivity contribution in [3.05, 3.63) is 0 Å². The number of methoxy groups -OCH3 is 2. The number of ether oxygens (including phenoxy) is 4. The molecule has 4 amide bonds. The van der Waals surface area contributed by atoms with Crippen molar-refractivity contribution in [2.24, 2.45) is 23.7 Å². The Morgan fingerprint density at radius 3 is 0.812 bits per heavy atom. The Hall–Kier alpha value is -2.79. The van der Waals surface area contributed by atoms with Crippen molar-refractivity contribution >= 4 is 133 Å². The molecule has 0 N–H and O–H groups in total. The lowest BCUT2D eigenvalue weighted by Crippen LogP contribution is -2.45. The summed E-state index contributed by atoms with van der Waals surface area (Å²) in [5, 5.41) is 3.51. The first-order valence-electron chi connectivity index (χ1n) is 48.0. The number of thioether (sulfide) groups is 2. The van der Waals surface area contributed by atoms with Gasteiger partial charge < -0.3 is 67.6 Å². The second-order valence-corrected chi connectivity index (χ2v) is 51.9. The van der Waals surface area contributed by atoms with E-state index in [1.807, 2.05) is 318 Å². The summed E-state index contributed by atoms with van der Waals surface area (Å²) >= 11 is 19.0. The molecule has 0 spiro atoms. The SMILES string of the molecule is CC(C)C(=O)C(C)C.CC(C)C(=O)N(C)C(C)C.CC(C)N(C)C(=O)N(C)C(C)C.CC(C)N(C)C(=S)N(C)C.CC(C)N(C)C(C)C.CC(C)N(C)S(=O)(=O)C(C)C.CC(C)N(C)S(=O)C(C)C.CC(C)OC(=O)C(C)C.CC(C)OC(C)C.CC(C)OP(C)(=O)N(C)C(C)C.CC(C)SC(=S)N(C)C(C)C.CC(C)SC(C)C.COC(=O)N(C)C(C)C.COC(=S)N(C)C(C)C. The maximum atomic E-state index is 11.9. The average Bonchev–Trinajstić information content (AvgIpc) is 0.569. The summed E-state index contributed by atoms with van der Waals surface area (Å²) in [6, 6.07) is 4.54. The van der Waals surface area contributed by atoms with Gasteiger partial charge in [0.2, 0.25) is 15.9 Å². The van der Waals surface area contributed by atoms with E-state index in [1.54, 1.807) is 72.8 Å². The Bertz CT molecular complexity index is 2890. The molecule has 2 atom stereocenters. The summed E-state index contributed by atoms with van der Waals surface area (Å²) < 4.78 is 76.8. The number of sulfonamides is 1. The highest BCUT2D eigenvalue weighted by atomic mass is 32.2. The highest BCUT2D eigenvalue weighted by molar-refractivity contribution is 8.23. The number of Topliss-reactive ketones (excluding diaryl/α,β-unsaturated/α-hetero) is 1. The van der Waals surface area contributed by atoms with Gasteiger partial charge in [0.25, 0.3) is 12.7 Å². The number of amides is 4. The summed E-state index contributed by atoms with van der Waals surface area (Å²) in [7, 11) is 21.1. The fourth-order valence-electron chi connectivity index (χ4n) is 7.87. The van der Waals surface area contributed by atoms with Crippen molar-refractivity contribution in [3.63, 3.8) is 0 Å². The monoisotopic (exact) mass is 2060 g/mol. The zero-order valence-electron chi connectivity index (χ0n) is 98.8. The summed E-state index contributed by atoms with van der Waals surface area (Å²) in [5.41, 5.74) is 0. The minimum absolute atomic E-state index is 0.00704. The van der Waals surface area contributed by atoms with Crippen molar-refractivity contribution in [2.45, 2.75) is 469 Å². The molecule has 0 saturated carbocycles. The van der Waals surface area contributed by atoms with Gasteiger partial charge in [0.05, 0.1) is 60.8 Å². The number of hydrogen-bond donors (Lipinski definition) is 0. The van der Waals surface area contributed by atoms with Crippen LogP contribution in [0.5, 0.6) is 0 Å². The van der Waals surface area contributed by atoms with Crippen LogP contribution in [0, 0.1) is 23.7 Å². The molecule has 26 nitrogen and oxygen atoms in total. The minimum Gasteiger partial charge on any atom is -0.474 e. The topological polar surface area (TPSA) is 239 Å². The molecule has 0 aromatic rings. The Labute approximate surface area is 854 Å². The van der Waals surface area contributed by atoms with Crippen LogP contribution in [0.3, 0.4) is 0 Å². The molecule has 810 valence electrons. The second-order valence-electron chi connectivity index (χ2n) is 39.7. The highest BCUT2D eigenvalue weighted by Gasteiger charge is 2.27. The fourth-order valence-corrected chi connectivity index (χ4v) is 15.0. The molecule has 0 radical (unpaired) electrons. The van der Waals surface area contributed by atoms with E-state index in [0.29, 0.717) is 70.7 Å². The van der Waals surface area contributed by atoms with Gasteiger partial charge in [-0.05, 0) is 298 Å². The number of ketones is 1. The number of rotatable bonds is 29. The summed E-state index contributed by atoms with van der Waals surface area (Å²) in [5.74, 6) is 0.967.